The summed E-state index contributed by atoms with van der Waals surface area (Å²) in [6.07, 6.45) is 0.984. The van der Waals surface area contributed by atoms with Crippen molar-refractivity contribution in [3.05, 3.63) is 28.4 Å². The fraction of sp³-hybridized carbons (Fsp3) is 0.333. The second-order valence-corrected chi connectivity index (χ2v) is 4.87. The molecule has 1 saturated heterocycles. The van der Waals surface area contributed by atoms with Crippen LogP contribution in [-0.2, 0) is 4.74 Å². The number of fused-ring (bicyclic) bond motifs is 1. The summed E-state index contributed by atoms with van der Waals surface area (Å²) in [4.78, 5) is 0. The molecule has 1 aliphatic rings. The third-order valence-corrected chi connectivity index (χ3v) is 3.65. The van der Waals surface area contributed by atoms with E-state index in [4.69, 9.17) is 9.15 Å². The summed E-state index contributed by atoms with van der Waals surface area (Å²) < 4.78 is 12.0. The van der Waals surface area contributed by atoms with Crippen molar-refractivity contribution in [3.63, 3.8) is 0 Å². The Kier molecular flexibility index (Phi) is 2.41. The van der Waals surface area contributed by atoms with E-state index in [1.807, 2.05) is 12.1 Å². The van der Waals surface area contributed by atoms with Crippen molar-refractivity contribution in [2.75, 3.05) is 13.2 Å². The van der Waals surface area contributed by atoms with Crippen LogP contribution in [0.5, 0.6) is 5.75 Å². The molecular formula is C12H11BrO3. The summed E-state index contributed by atoms with van der Waals surface area (Å²) in [5.41, 5.74) is 0.552. The highest BCUT2D eigenvalue weighted by atomic mass is 79.9. The predicted molar refractivity (Wildman–Crippen MR) is 63.8 cm³/mol. The van der Waals surface area contributed by atoms with E-state index < -0.39 is 0 Å². The molecule has 1 aliphatic heterocycles. The van der Waals surface area contributed by atoms with Crippen LogP contribution in [0.3, 0.4) is 0 Å². The number of rotatable bonds is 1. The average molecular weight is 283 g/mol. The highest BCUT2D eigenvalue weighted by Gasteiger charge is 2.22. The minimum atomic E-state index is 0.184. The lowest BCUT2D eigenvalue weighted by molar-refractivity contribution is 0.191. The van der Waals surface area contributed by atoms with Crippen molar-refractivity contribution in [3.8, 4) is 5.75 Å². The summed E-state index contributed by atoms with van der Waals surface area (Å²) in [6, 6.07) is 5.44. The summed E-state index contributed by atoms with van der Waals surface area (Å²) in [7, 11) is 0. The highest BCUT2D eigenvalue weighted by Crippen LogP contribution is 2.37. The van der Waals surface area contributed by atoms with Crippen LogP contribution in [0.15, 0.2) is 27.1 Å². The molecule has 4 heteroatoms. The highest BCUT2D eigenvalue weighted by molar-refractivity contribution is 9.10. The molecule has 0 spiro atoms. The molecule has 1 N–H and O–H groups in total. The maximum Gasteiger partial charge on any atom is 0.177 e. The Balaban J connectivity index is 2.14. The van der Waals surface area contributed by atoms with Gasteiger partial charge in [-0.25, -0.2) is 0 Å². The maximum atomic E-state index is 9.71. The van der Waals surface area contributed by atoms with E-state index in [0.29, 0.717) is 18.1 Å². The summed E-state index contributed by atoms with van der Waals surface area (Å²) >= 11 is 3.45. The van der Waals surface area contributed by atoms with E-state index >= 15 is 0 Å². The van der Waals surface area contributed by atoms with Gasteiger partial charge in [0.15, 0.2) is 11.3 Å². The lowest BCUT2D eigenvalue weighted by Crippen LogP contribution is -1.94. The first-order valence-electron chi connectivity index (χ1n) is 5.24. The standard InChI is InChI=1S/C12H11BrO3/c13-9-1-2-10(14)12-8(9)5-11(16-12)7-3-4-15-6-7/h1-2,5,7,14H,3-4,6H2. The second-order valence-electron chi connectivity index (χ2n) is 4.02. The molecule has 0 bridgehead atoms. The number of furan rings is 1. The van der Waals surface area contributed by atoms with Crippen molar-refractivity contribution in [1.29, 1.82) is 0 Å². The van der Waals surface area contributed by atoms with Gasteiger partial charge in [0, 0.05) is 22.4 Å². The molecule has 0 amide bonds. The first-order chi connectivity index (χ1) is 7.75. The van der Waals surface area contributed by atoms with Crippen molar-refractivity contribution < 1.29 is 14.3 Å². The third-order valence-electron chi connectivity index (χ3n) is 2.96. The quantitative estimate of drug-likeness (QED) is 0.872. The van der Waals surface area contributed by atoms with Gasteiger partial charge in [0.25, 0.3) is 0 Å². The van der Waals surface area contributed by atoms with E-state index in [2.05, 4.69) is 15.9 Å². The molecule has 0 aliphatic carbocycles. The predicted octanol–water partition coefficient (Wildman–Crippen LogP) is 3.40. The van der Waals surface area contributed by atoms with E-state index in [0.717, 1.165) is 28.6 Å². The van der Waals surface area contributed by atoms with E-state index in [1.165, 1.54) is 0 Å². The monoisotopic (exact) mass is 282 g/mol. The maximum absolute atomic E-state index is 9.71. The van der Waals surface area contributed by atoms with Crippen LogP contribution in [-0.4, -0.2) is 18.3 Å². The molecule has 1 atom stereocenters. The van der Waals surface area contributed by atoms with Crippen LogP contribution in [0.2, 0.25) is 0 Å². The normalized spacial score (nSPS) is 20.7. The molecule has 0 radical (unpaired) electrons. The summed E-state index contributed by atoms with van der Waals surface area (Å²) in [6.45, 7) is 1.49. The number of aromatic hydroxyl groups is 1. The lowest BCUT2D eigenvalue weighted by Gasteiger charge is -2.00. The smallest absolute Gasteiger partial charge is 0.177 e. The lowest BCUT2D eigenvalue weighted by atomic mass is 10.1. The number of phenols is 1. The van der Waals surface area contributed by atoms with Gasteiger partial charge in [-0.15, -0.1) is 0 Å². The minimum absolute atomic E-state index is 0.184. The van der Waals surface area contributed by atoms with Gasteiger partial charge in [-0.2, -0.15) is 0 Å². The zero-order valence-electron chi connectivity index (χ0n) is 8.57. The Morgan fingerprint density at radius 3 is 2.94 bits per heavy atom. The number of hydrogen-bond donors (Lipinski definition) is 1. The first-order valence-corrected chi connectivity index (χ1v) is 6.03. The fourth-order valence-electron chi connectivity index (χ4n) is 2.06. The zero-order valence-corrected chi connectivity index (χ0v) is 10.2. The number of benzene rings is 1. The van der Waals surface area contributed by atoms with Crippen molar-refractivity contribution in [1.82, 2.24) is 0 Å². The van der Waals surface area contributed by atoms with Gasteiger partial charge in [-0.1, -0.05) is 15.9 Å². The van der Waals surface area contributed by atoms with E-state index in [9.17, 15) is 5.11 Å². The molecule has 1 aromatic carbocycles. The molecule has 0 saturated carbocycles. The van der Waals surface area contributed by atoms with Gasteiger partial charge >= 0.3 is 0 Å². The molecule has 1 aromatic heterocycles. The molecular weight excluding hydrogens is 272 g/mol. The van der Waals surface area contributed by atoms with Crippen LogP contribution in [0, 0.1) is 0 Å². The van der Waals surface area contributed by atoms with Crippen LogP contribution in [0.25, 0.3) is 11.0 Å². The Bertz CT molecular complexity index is 487. The van der Waals surface area contributed by atoms with Crippen molar-refractivity contribution in [2.24, 2.45) is 0 Å². The number of hydrogen-bond acceptors (Lipinski definition) is 3. The fourth-order valence-corrected chi connectivity index (χ4v) is 2.48. The molecule has 3 rings (SSSR count). The summed E-state index contributed by atoms with van der Waals surface area (Å²) in [5, 5.41) is 10.6. The Morgan fingerprint density at radius 2 is 2.25 bits per heavy atom. The molecule has 1 unspecified atom stereocenters. The number of ether oxygens (including phenoxy) is 1. The van der Waals surface area contributed by atoms with Gasteiger partial charge in [0.05, 0.1) is 6.61 Å². The topological polar surface area (TPSA) is 42.6 Å². The Morgan fingerprint density at radius 1 is 1.38 bits per heavy atom. The van der Waals surface area contributed by atoms with Gasteiger partial charge < -0.3 is 14.3 Å². The van der Waals surface area contributed by atoms with Crippen LogP contribution in [0.4, 0.5) is 0 Å². The van der Waals surface area contributed by atoms with Gasteiger partial charge in [-0.05, 0) is 24.6 Å². The number of halogens is 1. The molecule has 3 nitrogen and oxygen atoms in total. The molecule has 2 heterocycles. The van der Waals surface area contributed by atoms with Crippen LogP contribution in [0.1, 0.15) is 18.1 Å². The molecule has 1 fully saturated rings. The average Bonchev–Trinajstić information content (AvgIpc) is 2.90. The first kappa shape index (κ1) is 10.2. The summed E-state index contributed by atoms with van der Waals surface area (Å²) in [5.74, 6) is 1.40. The van der Waals surface area contributed by atoms with Crippen LogP contribution >= 0.6 is 15.9 Å². The third kappa shape index (κ3) is 1.53. The Hall–Kier alpha value is -1.00. The van der Waals surface area contributed by atoms with Crippen molar-refractivity contribution in [2.45, 2.75) is 12.3 Å². The van der Waals surface area contributed by atoms with Gasteiger partial charge in [-0.3, -0.25) is 0 Å². The number of phenolic OH excluding ortho intramolecular Hbond substituents is 1. The molecule has 2 aromatic rings. The largest absolute Gasteiger partial charge is 0.504 e. The molecule has 16 heavy (non-hydrogen) atoms. The van der Waals surface area contributed by atoms with Gasteiger partial charge in [0.1, 0.15) is 5.76 Å². The SMILES string of the molecule is Oc1ccc(Br)c2cc(C3CCOC3)oc12. The minimum Gasteiger partial charge on any atom is -0.504 e. The van der Waals surface area contributed by atoms with E-state index in [1.54, 1.807) is 6.07 Å². The second kappa shape index (κ2) is 3.79. The van der Waals surface area contributed by atoms with E-state index in [-0.39, 0.29) is 5.75 Å². The van der Waals surface area contributed by atoms with Crippen molar-refractivity contribution >= 4 is 26.9 Å². The zero-order chi connectivity index (χ0) is 11.1. The Labute approximate surface area is 101 Å². The molecule has 84 valence electrons. The van der Waals surface area contributed by atoms with Gasteiger partial charge in [0.2, 0.25) is 0 Å². The van der Waals surface area contributed by atoms with Crippen LogP contribution < -0.4 is 0 Å².